The number of hydrogen-bond acceptors (Lipinski definition) is 5. The van der Waals surface area contributed by atoms with E-state index in [2.05, 4.69) is 21.3 Å². The van der Waals surface area contributed by atoms with Gasteiger partial charge in [0.05, 0.1) is 19.2 Å². The number of carbonyl (C=O) groups is 4. The van der Waals surface area contributed by atoms with Crippen molar-refractivity contribution in [2.45, 2.75) is 39.3 Å². The molecule has 0 saturated carbocycles. The number of benzene rings is 3. The topological polar surface area (TPSA) is 146 Å². The molecular weight excluding hydrogens is 500 g/mol. The summed E-state index contributed by atoms with van der Waals surface area (Å²) in [5, 5.41) is 20.2. The van der Waals surface area contributed by atoms with Crippen LogP contribution in [0.2, 0.25) is 0 Å². The van der Waals surface area contributed by atoms with Crippen LogP contribution < -0.4 is 26.0 Å². The van der Waals surface area contributed by atoms with Gasteiger partial charge in [0.15, 0.2) is 0 Å². The van der Waals surface area contributed by atoms with Gasteiger partial charge in [0.1, 0.15) is 11.8 Å². The molecule has 0 aromatic heterocycles. The van der Waals surface area contributed by atoms with Crippen LogP contribution in [-0.2, 0) is 33.8 Å². The van der Waals surface area contributed by atoms with E-state index in [9.17, 15) is 24.3 Å². The minimum Gasteiger partial charge on any atom is -0.495 e. The number of methoxy groups -OCH3 is 1. The highest BCUT2D eigenvalue weighted by atomic mass is 16.5. The van der Waals surface area contributed by atoms with Crippen molar-refractivity contribution in [3.05, 3.63) is 89.0 Å². The number of nitrogens with one attached hydrogen (secondary N) is 4. The standard InChI is InChI=1S/C29H32N4O6/c1-18-7-4-5-10-23(18)32-29(38)33-24-12-11-21(15-26(24)39-3)16-27(35)30-17-22-9-6-8-20(13-22)14-25(28(36)37)31-19(2)34/h4-13,15,25H,14,16-17H2,1-3H3,(H,30,35)(H,31,34)(H,36,37)(H2,32,33,38). The number of anilines is 2. The van der Waals surface area contributed by atoms with Crippen molar-refractivity contribution in [2.24, 2.45) is 0 Å². The molecule has 0 radical (unpaired) electrons. The molecule has 0 saturated heterocycles. The normalized spacial score (nSPS) is 11.2. The maximum absolute atomic E-state index is 12.6. The molecule has 0 aliphatic rings. The van der Waals surface area contributed by atoms with Crippen LogP contribution in [0.25, 0.3) is 0 Å². The Morgan fingerprint density at radius 1 is 0.872 bits per heavy atom. The molecule has 0 aliphatic heterocycles. The monoisotopic (exact) mass is 532 g/mol. The molecule has 39 heavy (non-hydrogen) atoms. The van der Waals surface area contributed by atoms with Gasteiger partial charge in [-0.3, -0.25) is 9.59 Å². The van der Waals surface area contributed by atoms with Crippen molar-refractivity contribution in [1.29, 1.82) is 0 Å². The summed E-state index contributed by atoms with van der Waals surface area (Å²) in [6.45, 7) is 3.42. The lowest BCUT2D eigenvalue weighted by Crippen LogP contribution is -2.41. The third-order valence-electron chi connectivity index (χ3n) is 5.87. The summed E-state index contributed by atoms with van der Waals surface area (Å²) in [4.78, 5) is 47.7. The van der Waals surface area contributed by atoms with Gasteiger partial charge in [0.2, 0.25) is 11.8 Å². The Balaban J connectivity index is 1.56. The van der Waals surface area contributed by atoms with E-state index in [0.29, 0.717) is 22.7 Å². The fraction of sp³-hybridized carbons (Fsp3) is 0.241. The third-order valence-corrected chi connectivity index (χ3v) is 5.87. The molecule has 3 aromatic carbocycles. The van der Waals surface area contributed by atoms with Gasteiger partial charge < -0.3 is 31.1 Å². The molecule has 204 valence electrons. The number of aliphatic carboxylic acids is 1. The van der Waals surface area contributed by atoms with E-state index in [0.717, 1.165) is 16.7 Å². The first kappa shape index (κ1) is 28.7. The summed E-state index contributed by atoms with van der Waals surface area (Å²) in [5.74, 6) is -1.34. The highest BCUT2D eigenvalue weighted by Gasteiger charge is 2.19. The molecule has 0 heterocycles. The van der Waals surface area contributed by atoms with E-state index in [1.165, 1.54) is 14.0 Å². The minimum atomic E-state index is -1.12. The summed E-state index contributed by atoms with van der Waals surface area (Å²) >= 11 is 0. The maximum atomic E-state index is 12.6. The average Bonchev–Trinajstić information content (AvgIpc) is 2.89. The number of aryl methyl sites for hydroxylation is 1. The van der Waals surface area contributed by atoms with Gasteiger partial charge in [-0.25, -0.2) is 9.59 Å². The van der Waals surface area contributed by atoms with Crippen molar-refractivity contribution < 1.29 is 29.0 Å². The molecule has 0 fully saturated rings. The summed E-state index contributed by atoms with van der Waals surface area (Å²) < 4.78 is 5.42. The smallest absolute Gasteiger partial charge is 0.326 e. The number of rotatable bonds is 11. The number of carboxylic acid groups (broad SMARTS) is 1. The number of para-hydroxylation sites is 1. The van der Waals surface area contributed by atoms with E-state index < -0.39 is 23.9 Å². The van der Waals surface area contributed by atoms with Crippen molar-refractivity contribution in [3.63, 3.8) is 0 Å². The zero-order chi connectivity index (χ0) is 28.4. The van der Waals surface area contributed by atoms with Gasteiger partial charge >= 0.3 is 12.0 Å². The second kappa shape index (κ2) is 13.6. The Bertz CT molecular complexity index is 1360. The van der Waals surface area contributed by atoms with Crippen LogP contribution in [0.3, 0.4) is 0 Å². The SMILES string of the molecule is COc1cc(CC(=O)NCc2cccc(CC(NC(C)=O)C(=O)O)c2)ccc1NC(=O)Nc1ccccc1C. The van der Waals surface area contributed by atoms with E-state index in [4.69, 9.17) is 4.74 Å². The molecule has 4 amide bonds. The Morgan fingerprint density at radius 2 is 1.59 bits per heavy atom. The van der Waals surface area contributed by atoms with E-state index >= 15 is 0 Å². The summed E-state index contributed by atoms with van der Waals surface area (Å²) in [6.07, 6.45) is 0.217. The third kappa shape index (κ3) is 8.89. The first-order valence-corrected chi connectivity index (χ1v) is 12.3. The Kier molecular flexibility index (Phi) is 10.0. The van der Waals surface area contributed by atoms with Crippen LogP contribution >= 0.6 is 0 Å². The number of carbonyl (C=O) groups excluding carboxylic acids is 3. The lowest BCUT2D eigenvalue weighted by Gasteiger charge is -2.14. The maximum Gasteiger partial charge on any atom is 0.326 e. The largest absolute Gasteiger partial charge is 0.495 e. The number of amides is 4. The summed E-state index contributed by atoms with van der Waals surface area (Å²) in [7, 11) is 1.48. The first-order valence-electron chi connectivity index (χ1n) is 12.3. The summed E-state index contributed by atoms with van der Waals surface area (Å²) in [5.41, 5.74) is 4.31. The van der Waals surface area contributed by atoms with Crippen LogP contribution in [0.5, 0.6) is 5.75 Å². The van der Waals surface area contributed by atoms with Gasteiger partial charge in [0.25, 0.3) is 0 Å². The van der Waals surface area contributed by atoms with Crippen LogP contribution in [0.1, 0.15) is 29.2 Å². The molecule has 10 nitrogen and oxygen atoms in total. The molecule has 0 aliphatic carbocycles. The molecule has 0 bridgehead atoms. The lowest BCUT2D eigenvalue weighted by atomic mass is 10.0. The fourth-order valence-electron chi connectivity index (χ4n) is 3.93. The Labute approximate surface area is 226 Å². The molecular formula is C29H32N4O6. The highest BCUT2D eigenvalue weighted by molar-refractivity contribution is 6.01. The molecule has 5 N–H and O–H groups in total. The number of urea groups is 1. The van der Waals surface area contributed by atoms with Crippen molar-refractivity contribution in [3.8, 4) is 5.75 Å². The van der Waals surface area contributed by atoms with Gasteiger partial charge in [-0.05, 0) is 47.4 Å². The predicted molar refractivity (Wildman–Crippen MR) is 148 cm³/mol. The highest BCUT2D eigenvalue weighted by Crippen LogP contribution is 2.26. The van der Waals surface area contributed by atoms with Crippen molar-refractivity contribution in [1.82, 2.24) is 10.6 Å². The molecule has 3 rings (SSSR count). The number of hydrogen-bond donors (Lipinski definition) is 5. The molecule has 0 spiro atoms. The zero-order valence-corrected chi connectivity index (χ0v) is 22.0. The quantitative estimate of drug-likeness (QED) is 0.255. The predicted octanol–water partition coefficient (Wildman–Crippen LogP) is 3.64. The summed E-state index contributed by atoms with van der Waals surface area (Å²) in [6, 6.07) is 18.2. The number of ether oxygens (including phenoxy) is 1. The van der Waals surface area contributed by atoms with E-state index in [1.807, 2.05) is 37.3 Å². The second-order valence-corrected chi connectivity index (χ2v) is 9.00. The van der Waals surface area contributed by atoms with Crippen LogP contribution in [0, 0.1) is 6.92 Å². The molecule has 1 unspecified atom stereocenters. The average molecular weight is 533 g/mol. The Morgan fingerprint density at radius 3 is 2.28 bits per heavy atom. The van der Waals surface area contributed by atoms with E-state index in [1.54, 1.807) is 36.4 Å². The van der Waals surface area contributed by atoms with Gasteiger partial charge in [0, 0.05) is 25.6 Å². The van der Waals surface area contributed by atoms with Crippen molar-refractivity contribution >= 4 is 35.2 Å². The second-order valence-electron chi connectivity index (χ2n) is 9.00. The Hall–Kier alpha value is -4.86. The van der Waals surface area contributed by atoms with Crippen LogP contribution in [0.4, 0.5) is 16.2 Å². The molecule has 1 atom stereocenters. The molecule has 10 heteroatoms. The number of carboxylic acids is 1. The van der Waals surface area contributed by atoms with Crippen LogP contribution in [-0.4, -0.2) is 42.1 Å². The first-order chi connectivity index (χ1) is 18.6. The van der Waals surface area contributed by atoms with Crippen LogP contribution in [0.15, 0.2) is 66.7 Å². The fourth-order valence-corrected chi connectivity index (χ4v) is 3.93. The zero-order valence-electron chi connectivity index (χ0n) is 22.0. The van der Waals surface area contributed by atoms with Crippen molar-refractivity contribution in [2.75, 3.05) is 17.7 Å². The lowest BCUT2D eigenvalue weighted by molar-refractivity contribution is -0.141. The van der Waals surface area contributed by atoms with Gasteiger partial charge in [-0.2, -0.15) is 0 Å². The van der Waals surface area contributed by atoms with Gasteiger partial charge in [-0.15, -0.1) is 0 Å². The molecule has 3 aromatic rings. The van der Waals surface area contributed by atoms with E-state index in [-0.39, 0.29) is 25.3 Å². The minimum absolute atomic E-state index is 0.0926. The van der Waals surface area contributed by atoms with Gasteiger partial charge in [-0.1, -0.05) is 48.5 Å².